The molecule has 0 aromatic rings. The largest absolute Gasteiger partial charge is 0.378 e. The molecule has 18 heavy (non-hydrogen) atoms. The molecular formula is C10H20F2N2O3S. The topological polar surface area (TPSA) is 81.4 Å². The minimum Gasteiger partial charge on any atom is -0.378 e. The van der Waals surface area contributed by atoms with Gasteiger partial charge in [0.25, 0.3) is 10.0 Å². The molecule has 0 aromatic carbocycles. The fraction of sp³-hybridized carbons (Fsp3) is 1.00. The van der Waals surface area contributed by atoms with Gasteiger partial charge in [-0.2, -0.15) is 8.78 Å². The van der Waals surface area contributed by atoms with E-state index < -0.39 is 15.8 Å². The zero-order valence-corrected chi connectivity index (χ0v) is 11.0. The van der Waals surface area contributed by atoms with E-state index in [1.807, 2.05) is 4.72 Å². The first-order valence-corrected chi connectivity index (χ1v) is 7.60. The number of rotatable bonds is 7. The second-order valence-corrected chi connectivity index (χ2v) is 6.20. The average molecular weight is 286 g/mol. The zero-order chi connectivity index (χ0) is 13.6. The highest BCUT2D eigenvalue weighted by Crippen LogP contribution is 2.19. The number of alkyl halides is 2. The van der Waals surface area contributed by atoms with E-state index in [4.69, 9.17) is 10.5 Å². The molecule has 5 nitrogen and oxygen atoms in total. The first-order chi connectivity index (χ1) is 8.42. The molecule has 1 saturated carbocycles. The normalized spacial score (nSPS) is 25.6. The van der Waals surface area contributed by atoms with E-state index in [2.05, 4.69) is 0 Å². The third kappa shape index (κ3) is 5.55. The fourth-order valence-electron chi connectivity index (χ4n) is 1.85. The van der Waals surface area contributed by atoms with Crippen LogP contribution in [-0.2, 0) is 14.8 Å². The van der Waals surface area contributed by atoms with E-state index in [1.54, 1.807) is 0 Å². The van der Waals surface area contributed by atoms with Crippen molar-refractivity contribution < 1.29 is 21.9 Å². The summed E-state index contributed by atoms with van der Waals surface area (Å²) in [6, 6.07) is 0.253. The summed E-state index contributed by atoms with van der Waals surface area (Å²) in [5.74, 6) is -3.38. The van der Waals surface area contributed by atoms with Crippen LogP contribution < -0.4 is 10.5 Å². The van der Waals surface area contributed by atoms with Crippen molar-refractivity contribution in [2.45, 2.75) is 50.0 Å². The van der Waals surface area contributed by atoms with Crippen molar-refractivity contribution >= 4 is 10.0 Å². The van der Waals surface area contributed by atoms with Gasteiger partial charge in [-0.15, -0.1) is 0 Å². The number of hydrogen-bond acceptors (Lipinski definition) is 4. The Hall–Kier alpha value is -0.310. The molecule has 0 unspecified atom stereocenters. The predicted octanol–water partition coefficient (Wildman–Crippen LogP) is 0.805. The van der Waals surface area contributed by atoms with Gasteiger partial charge in [0.1, 0.15) is 0 Å². The van der Waals surface area contributed by atoms with Crippen LogP contribution in [0.25, 0.3) is 0 Å². The number of ether oxygens (including phenoxy) is 1. The Morgan fingerprint density at radius 2 is 1.89 bits per heavy atom. The van der Waals surface area contributed by atoms with E-state index in [9.17, 15) is 17.2 Å². The van der Waals surface area contributed by atoms with Crippen molar-refractivity contribution in [1.29, 1.82) is 0 Å². The molecule has 0 radical (unpaired) electrons. The third-order valence-electron chi connectivity index (χ3n) is 2.93. The van der Waals surface area contributed by atoms with E-state index in [0.717, 1.165) is 25.7 Å². The smallest absolute Gasteiger partial charge is 0.350 e. The third-order valence-corrected chi connectivity index (χ3v) is 4.01. The Kier molecular flexibility index (Phi) is 6.40. The summed E-state index contributed by atoms with van der Waals surface area (Å²) in [5.41, 5.74) is 5.75. The number of sulfonamides is 1. The SMILES string of the molecule is NC1CCC(OCCCNS(=O)(=O)C(F)F)CC1. The van der Waals surface area contributed by atoms with Crippen LogP contribution in [0.2, 0.25) is 0 Å². The van der Waals surface area contributed by atoms with Gasteiger partial charge in [-0.05, 0) is 32.1 Å². The Balaban J connectivity index is 2.06. The van der Waals surface area contributed by atoms with Gasteiger partial charge in [0, 0.05) is 19.2 Å². The van der Waals surface area contributed by atoms with Gasteiger partial charge in [0.2, 0.25) is 0 Å². The van der Waals surface area contributed by atoms with Gasteiger partial charge >= 0.3 is 5.76 Å². The van der Waals surface area contributed by atoms with Crippen LogP contribution in [0.1, 0.15) is 32.1 Å². The van der Waals surface area contributed by atoms with E-state index in [1.165, 1.54) is 0 Å². The first kappa shape index (κ1) is 15.7. The molecule has 3 N–H and O–H groups in total. The Morgan fingerprint density at radius 3 is 2.44 bits per heavy atom. The van der Waals surface area contributed by atoms with Crippen molar-refractivity contribution in [3.63, 3.8) is 0 Å². The maximum Gasteiger partial charge on any atom is 0.350 e. The van der Waals surface area contributed by atoms with Gasteiger partial charge in [0.05, 0.1) is 6.10 Å². The standard InChI is InChI=1S/C10H20F2N2O3S/c11-10(12)18(15,16)14-6-1-7-17-9-4-2-8(13)3-5-9/h8-10,14H,1-7,13H2. The second kappa shape index (κ2) is 7.32. The van der Waals surface area contributed by atoms with Crippen molar-refractivity contribution in [3.05, 3.63) is 0 Å². The molecule has 0 spiro atoms. The van der Waals surface area contributed by atoms with Gasteiger partial charge < -0.3 is 10.5 Å². The fourth-order valence-corrected chi connectivity index (χ4v) is 2.41. The summed E-state index contributed by atoms with van der Waals surface area (Å²) in [6.07, 6.45) is 4.23. The van der Waals surface area contributed by atoms with Crippen molar-refractivity contribution in [2.24, 2.45) is 5.73 Å². The Labute approximate surface area is 106 Å². The minimum absolute atomic E-state index is 0.0289. The lowest BCUT2D eigenvalue weighted by Gasteiger charge is -2.26. The van der Waals surface area contributed by atoms with Gasteiger partial charge in [-0.1, -0.05) is 0 Å². The number of nitrogens with one attached hydrogen (secondary N) is 1. The van der Waals surface area contributed by atoms with Crippen LogP contribution in [0.15, 0.2) is 0 Å². The molecule has 1 fully saturated rings. The molecule has 0 bridgehead atoms. The molecule has 1 rings (SSSR count). The van der Waals surface area contributed by atoms with Crippen molar-refractivity contribution in [2.75, 3.05) is 13.2 Å². The molecule has 8 heteroatoms. The van der Waals surface area contributed by atoms with E-state index >= 15 is 0 Å². The molecule has 0 amide bonds. The minimum atomic E-state index is -4.47. The van der Waals surface area contributed by atoms with Crippen LogP contribution >= 0.6 is 0 Å². The van der Waals surface area contributed by atoms with Crippen molar-refractivity contribution in [3.8, 4) is 0 Å². The summed E-state index contributed by atoms with van der Waals surface area (Å²) in [5, 5.41) is 0. The number of hydrogen-bond donors (Lipinski definition) is 2. The summed E-state index contributed by atoms with van der Waals surface area (Å²) in [6.45, 7) is 0.338. The second-order valence-electron chi connectivity index (χ2n) is 4.46. The lowest BCUT2D eigenvalue weighted by atomic mass is 9.94. The average Bonchev–Trinajstić information content (AvgIpc) is 2.31. The molecule has 0 aliphatic heterocycles. The van der Waals surface area contributed by atoms with Gasteiger partial charge in [-0.25, -0.2) is 13.1 Å². The lowest BCUT2D eigenvalue weighted by molar-refractivity contribution is 0.0245. The van der Waals surface area contributed by atoms with Gasteiger partial charge in [0.15, 0.2) is 0 Å². The summed E-state index contributed by atoms with van der Waals surface area (Å²) in [4.78, 5) is 0. The molecule has 0 atom stereocenters. The van der Waals surface area contributed by atoms with Crippen molar-refractivity contribution in [1.82, 2.24) is 4.72 Å². The molecule has 1 aliphatic carbocycles. The highest BCUT2D eigenvalue weighted by Gasteiger charge is 2.23. The van der Waals surface area contributed by atoms with Crippen LogP contribution in [0.5, 0.6) is 0 Å². The van der Waals surface area contributed by atoms with Crippen LogP contribution in [-0.4, -0.2) is 39.5 Å². The highest BCUT2D eigenvalue weighted by atomic mass is 32.2. The lowest BCUT2D eigenvalue weighted by Crippen LogP contribution is -2.32. The molecule has 1 aliphatic rings. The van der Waals surface area contributed by atoms with Crippen LogP contribution in [0.3, 0.4) is 0 Å². The monoisotopic (exact) mass is 286 g/mol. The molecule has 0 aromatic heterocycles. The number of halogens is 2. The Morgan fingerprint density at radius 1 is 1.28 bits per heavy atom. The maximum atomic E-state index is 12.0. The number of nitrogens with two attached hydrogens (primary N) is 1. The summed E-state index contributed by atoms with van der Waals surface area (Å²) < 4.78 is 52.7. The molecule has 0 saturated heterocycles. The Bertz CT molecular complexity index is 330. The first-order valence-electron chi connectivity index (χ1n) is 6.05. The van der Waals surface area contributed by atoms with E-state index in [-0.39, 0.29) is 18.7 Å². The summed E-state index contributed by atoms with van der Waals surface area (Å²) in [7, 11) is -4.47. The summed E-state index contributed by atoms with van der Waals surface area (Å²) >= 11 is 0. The zero-order valence-electron chi connectivity index (χ0n) is 10.1. The maximum absolute atomic E-state index is 12.0. The molecular weight excluding hydrogens is 266 g/mol. The quantitative estimate of drug-likeness (QED) is 0.678. The molecule has 0 heterocycles. The molecule has 108 valence electrons. The van der Waals surface area contributed by atoms with E-state index in [0.29, 0.717) is 13.0 Å². The predicted molar refractivity (Wildman–Crippen MR) is 63.7 cm³/mol. The van der Waals surface area contributed by atoms with Gasteiger partial charge in [-0.3, -0.25) is 0 Å². The van der Waals surface area contributed by atoms with Crippen LogP contribution in [0.4, 0.5) is 8.78 Å². The highest BCUT2D eigenvalue weighted by molar-refractivity contribution is 7.89. The van der Waals surface area contributed by atoms with Crippen LogP contribution in [0, 0.1) is 0 Å².